The highest BCUT2D eigenvalue weighted by atomic mass is 79.9. The minimum Gasteiger partial charge on any atom is -0.383 e. The molecule has 1 aromatic rings. The van der Waals surface area contributed by atoms with Crippen molar-refractivity contribution in [2.45, 2.75) is 25.6 Å². The Morgan fingerprint density at radius 1 is 1.39 bits per heavy atom. The fourth-order valence-electron chi connectivity index (χ4n) is 1.49. The van der Waals surface area contributed by atoms with Gasteiger partial charge in [-0.3, -0.25) is 0 Å². The summed E-state index contributed by atoms with van der Waals surface area (Å²) in [5, 5.41) is 3.14. The number of nitrogens with one attached hydrogen (secondary N) is 1. The second-order valence-electron chi connectivity index (χ2n) is 3.90. The summed E-state index contributed by atoms with van der Waals surface area (Å²) in [4.78, 5) is 0. The number of rotatable bonds is 5. The van der Waals surface area contributed by atoms with Crippen LogP contribution in [0.4, 0.5) is 18.9 Å². The maximum absolute atomic E-state index is 12.5. The SMILES string of the molecule is CCC(COC)Nc1ccc(C(F)(F)F)cc1Br. The van der Waals surface area contributed by atoms with Gasteiger partial charge in [0.2, 0.25) is 0 Å². The van der Waals surface area contributed by atoms with Gasteiger partial charge in [-0.1, -0.05) is 6.92 Å². The number of hydrogen-bond acceptors (Lipinski definition) is 2. The maximum Gasteiger partial charge on any atom is 0.416 e. The van der Waals surface area contributed by atoms with E-state index in [1.807, 2.05) is 6.92 Å². The molecule has 0 bridgehead atoms. The molecule has 18 heavy (non-hydrogen) atoms. The summed E-state index contributed by atoms with van der Waals surface area (Å²) in [6.07, 6.45) is -3.50. The van der Waals surface area contributed by atoms with Gasteiger partial charge in [-0.2, -0.15) is 13.2 Å². The fourth-order valence-corrected chi connectivity index (χ4v) is 1.98. The number of anilines is 1. The molecule has 0 aliphatic heterocycles. The van der Waals surface area contributed by atoms with E-state index in [0.29, 0.717) is 16.8 Å². The zero-order valence-corrected chi connectivity index (χ0v) is 11.7. The molecule has 0 fully saturated rings. The molecule has 0 heterocycles. The van der Waals surface area contributed by atoms with Gasteiger partial charge in [0.25, 0.3) is 0 Å². The number of alkyl halides is 3. The van der Waals surface area contributed by atoms with Crippen molar-refractivity contribution in [3.63, 3.8) is 0 Å². The van der Waals surface area contributed by atoms with Crippen LogP contribution >= 0.6 is 15.9 Å². The van der Waals surface area contributed by atoms with Crippen LogP contribution in [0.25, 0.3) is 0 Å². The van der Waals surface area contributed by atoms with Crippen molar-refractivity contribution in [3.8, 4) is 0 Å². The summed E-state index contributed by atoms with van der Waals surface area (Å²) in [6.45, 7) is 2.48. The van der Waals surface area contributed by atoms with E-state index in [0.717, 1.165) is 18.6 Å². The van der Waals surface area contributed by atoms with Gasteiger partial charge >= 0.3 is 6.18 Å². The molecule has 1 N–H and O–H groups in total. The van der Waals surface area contributed by atoms with Crippen molar-refractivity contribution in [1.29, 1.82) is 0 Å². The van der Waals surface area contributed by atoms with Crippen LogP contribution in [0, 0.1) is 0 Å². The molecule has 1 atom stereocenters. The highest BCUT2D eigenvalue weighted by Gasteiger charge is 2.30. The molecule has 0 aromatic heterocycles. The molecule has 0 radical (unpaired) electrons. The normalized spacial score (nSPS) is 13.4. The first kappa shape index (κ1) is 15.3. The first-order valence-electron chi connectivity index (χ1n) is 5.50. The Morgan fingerprint density at radius 2 is 2.06 bits per heavy atom. The van der Waals surface area contributed by atoms with Crippen molar-refractivity contribution in [1.82, 2.24) is 0 Å². The van der Waals surface area contributed by atoms with Crippen molar-refractivity contribution >= 4 is 21.6 Å². The Morgan fingerprint density at radius 3 is 2.50 bits per heavy atom. The highest BCUT2D eigenvalue weighted by Crippen LogP contribution is 2.34. The fraction of sp³-hybridized carbons (Fsp3) is 0.500. The van der Waals surface area contributed by atoms with Crippen LogP contribution in [-0.4, -0.2) is 19.8 Å². The molecule has 0 aliphatic rings. The summed E-state index contributed by atoms with van der Waals surface area (Å²) in [5.74, 6) is 0. The van der Waals surface area contributed by atoms with Crippen LogP contribution in [0.15, 0.2) is 22.7 Å². The van der Waals surface area contributed by atoms with Crippen LogP contribution in [-0.2, 0) is 10.9 Å². The highest BCUT2D eigenvalue weighted by molar-refractivity contribution is 9.10. The Labute approximate surface area is 113 Å². The van der Waals surface area contributed by atoms with Gasteiger partial charge in [0.15, 0.2) is 0 Å². The summed E-state index contributed by atoms with van der Waals surface area (Å²) >= 11 is 3.15. The molecule has 1 aromatic carbocycles. The van der Waals surface area contributed by atoms with Gasteiger partial charge in [-0.05, 0) is 40.5 Å². The molecular formula is C12H15BrF3NO. The second-order valence-corrected chi connectivity index (χ2v) is 4.75. The topological polar surface area (TPSA) is 21.3 Å². The average Bonchev–Trinajstić information content (AvgIpc) is 2.29. The lowest BCUT2D eigenvalue weighted by Gasteiger charge is -2.19. The Hall–Kier alpha value is -0.750. The standard InChI is InChI=1S/C12H15BrF3NO/c1-3-9(7-18-2)17-11-5-4-8(6-10(11)13)12(14,15)16/h4-6,9,17H,3,7H2,1-2H3. The van der Waals surface area contributed by atoms with Crippen LogP contribution in [0.5, 0.6) is 0 Å². The number of ether oxygens (including phenoxy) is 1. The van der Waals surface area contributed by atoms with Gasteiger partial charge in [0.05, 0.1) is 12.2 Å². The van der Waals surface area contributed by atoms with E-state index in [2.05, 4.69) is 21.2 Å². The van der Waals surface area contributed by atoms with Gasteiger partial charge in [-0.25, -0.2) is 0 Å². The Balaban J connectivity index is 2.85. The van der Waals surface area contributed by atoms with E-state index in [-0.39, 0.29) is 6.04 Å². The van der Waals surface area contributed by atoms with Crippen molar-refractivity contribution in [3.05, 3.63) is 28.2 Å². The third-order valence-electron chi connectivity index (χ3n) is 2.52. The number of methoxy groups -OCH3 is 1. The zero-order chi connectivity index (χ0) is 13.8. The molecule has 0 saturated heterocycles. The quantitative estimate of drug-likeness (QED) is 0.871. The van der Waals surface area contributed by atoms with Crippen LogP contribution in [0.3, 0.4) is 0 Å². The first-order valence-corrected chi connectivity index (χ1v) is 6.30. The molecule has 1 rings (SSSR count). The monoisotopic (exact) mass is 325 g/mol. The summed E-state index contributed by atoms with van der Waals surface area (Å²) in [7, 11) is 1.59. The molecule has 2 nitrogen and oxygen atoms in total. The summed E-state index contributed by atoms with van der Waals surface area (Å²) < 4.78 is 42.9. The molecule has 0 spiro atoms. The molecular weight excluding hydrogens is 311 g/mol. The lowest BCUT2D eigenvalue weighted by molar-refractivity contribution is -0.137. The van der Waals surface area contributed by atoms with E-state index in [1.165, 1.54) is 6.07 Å². The van der Waals surface area contributed by atoms with Gasteiger partial charge in [0, 0.05) is 23.3 Å². The van der Waals surface area contributed by atoms with Gasteiger partial charge in [0.1, 0.15) is 0 Å². The smallest absolute Gasteiger partial charge is 0.383 e. The van der Waals surface area contributed by atoms with E-state index in [1.54, 1.807) is 7.11 Å². The lowest BCUT2D eigenvalue weighted by Crippen LogP contribution is -2.24. The second kappa shape index (κ2) is 6.43. The lowest BCUT2D eigenvalue weighted by atomic mass is 10.1. The molecule has 1 unspecified atom stereocenters. The van der Waals surface area contributed by atoms with Crippen LogP contribution < -0.4 is 5.32 Å². The Bertz CT molecular complexity index is 395. The summed E-state index contributed by atoms with van der Waals surface area (Å²) in [6, 6.07) is 3.63. The van der Waals surface area contributed by atoms with Gasteiger partial charge < -0.3 is 10.1 Å². The third-order valence-corrected chi connectivity index (χ3v) is 3.17. The minimum atomic E-state index is -4.32. The van der Waals surface area contributed by atoms with Crippen molar-refractivity contribution in [2.75, 3.05) is 19.0 Å². The third kappa shape index (κ3) is 4.17. The average molecular weight is 326 g/mol. The number of benzene rings is 1. The predicted molar refractivity (Wildman–Crippen MR) is 68.7 cm³/mol. The number of hydrogen-bond donors (Lipinski definition) is 1. The molecule has 0 amide bonds. The molecule has 6 heteroatoms. The predicted octanol–water partition coefficient (Wildman–Crippen LogP) is 4.30. The summed E-state index contributed by atoms with van der Waals surface area (Å²) in [5.41, 5.74) is -0.0355. The maximum atomic E-state index is 12.5. The number of halogens is 4. The Kier molecular flexibility index (Phi) is 5.47. The van der Waals surface area contributed by atoms with Crippen LogP contribution in [0.1, 0.15) is 18.9 Å². The molecule has 102 valence electrons. The van der Waals surface area contributed by atoms with Crippen molar-refractivity contribution in [2.24, 2.45) is 0 Å². The van der Waals surface area contributed by atoms with E-state index >= 15 is 0 Å². The van der Waals surface area contributed by atoms with E-state index in [9.17, 15) is 13.2 Å². The van der Waals surface area contributed by atoms with Crippen LogP contribution in [0.2, 0.25) is 0 Å². The minimum absolute atomic E-state index is 0.0723. The molecule has 0 aliphatic carbocycles. The van der Waals surface area contributed by atoms with Crippen molar-refractivity contribution < 1.29 is 17.9 Å². The van der Waals surface area contributed by atoms with E-state index < -0.39 is 11.7 Å². The van der Waals surface area contributed by atoms with Gasteiger partial charge in [-0.15, -0.1) is 0 Å². The zero-order valence-electron chi connectivity index (χ0n) is 10.1. The first-order chi connectivity index (χ1) is 8.38. The molecule has 0 saturated carbocycles. The largest absolute Gasteiger partial charge is 0.416 e. The van der Waals surface area contributed by atoms with E-state index in [4.69, 9.17) is 4.74 Å².